The van der Waals surface area contributed by atoms with Crippen molar-refractivity contribution in [2.75, 3.05) is 18.4 Å². The molecule has 0 saturated carbocycles. The van der Waals surface area contributed by atoms with Crippen molar-refractivity contribution >= 4 is 38.3 Å². The number of rotatable bonds is 4. The molecule has 1 atom stereocenters. The van der Waals surface area contributed by atoms with E-state index in [-0.39, 0.29) is 6.10 Å². The second kappa shape index (κ2) is 7.54. The first-order valence-corrected chi connectivity index (χ1v) is 9.98. The Hall–Kier alpha value is -2.02. The summed E-state index contributed by atoms with van der Waals surface area (Å²) in [4.78, 5) is 11.7. The number of aromatic nitrogens is 2. The lowest BCUT2D eigenvalue weighted by Gasteiger charge is -2.17. The Morgan fingerprint density at radius 1 is 1.30 bits per heavy atom. The molecular formula is C21H23BrN4O. The quantitative estimate of drug-likeness (QED) is 0.650. The highest BCUT2D eigenvalue weighted by atomic mass is 79.9. The van der Waals surface area contributed by atoms with Gasteiger partial charge in [-0.2, -0.15) is 0 Å². The number of aliphatic hydroxyl groups is 1. The van der Waals surface area contributed by atoms with Crippen molar-refractivity contribution < 1.29 is 5.11 Å². The van der Waals surface area contributed by atoms with Gasteiger partial charge in [0, 0.05) is 47.1 Å². The summed E-state index contributed by atoms with van der Waals surface area (Å²) in [6.45, 7) is 6.61. The van der Waals surface area contributed by atoms with Gasteiger partial charge in [-0.15, -0.1) is 0 Å². The van der Waals surface area contributed by atoms with Crippen LogP contribution < -0.4 is 5.32 Å². The van der Waals surface area contributed by atoms with E-state index in [4.69, 9.17) is 4.98 Å². The molecule has 4 rings (SSSR count). The van der Waals surface area contributed by atoms with Gasteiger partial charge in [0.1, 0.15) is 5.52 Å². The van der Waals surface area contributed by atoms with Gasteiger partial charge in [0.25, 0.3) is 0 Å². The number of β-amino-alcohol motifs (C(OH)–C–C–N with tert-alkyl or cyclic N) is 1. The lowest BCUT2D eigenvalue weighted by molar-refractivity contribution is 0.174. The molecule has 6 heteroatoms. The highest BCUT2D eigenvalue weighted by molar-refractivity contribution is 9.10. The van der Waals surface area contributed by atoms with Crippen LogP contribution in [0.1, 0.15) is 23.2 Å². The maximum Gasteiger partial charge on any atom is 0.156 e. The van der Waals surface area contributed by atoms with E-state index in [1.54, 1.807) is 0 Å². The maximum absolute atomic E-state index is 9.76. The number of hydrogen-bond donors (Lipinski definition) is 2. The number of pyridine rings is 2. The van der Waals surface area contributed by atoms with Gasteiger partial charge < -0.3 is 10.4 Å². The molecule has 2 N–H and O–H groups in total. The topological polar surface area (TPSA) is 61.3 Å². The Morgan fingerprint density at radius 2 is 2.15 bits per heavy atom. The van der Waals surface area contributed by atoms with Crippen molar-refractivity contribution in [3.05, 3.63) is 57.8 Å². The fourth-order valence-electron chi connectivity index (χ4n) is 3.55. The van der Waals surface area contributed by atoms with E-state index in [1.165, 1.54) is 5.56 Å². The van der Waals surface area contributed by atoms with Crippen LogP contribution in [0.5, 0.6) is 0 Å². The summed E-state index contributed by atoms with van der Waals surface area (Å²) in [6, 6.07) is 10.3. The van der Waals surface area contributed by atoms with Crippen LogP contribution in [0.4, 0.5) is 11.5 Å². The average Bonchev–Trinajstić information content (AvgIpc) is 3.05. The molecule has 5 nitrogen and oxygen atoms in total. The third-order valence-electron chi connectivity index (χ3n) is 5.19. The molecule has 3 aromatic rings. The summed E-state index contributed by atoms with van der Waals surface area (Å²) < 4.78 is 1.06. The molecule has 27 heavy (non-hydrogen) atoms. The van der Waals surface area contributed by atoms with E-state index < -0.39 is 0 Å². The Morgan fingerprint density at radius 3 is 2.93 bits per heavy atom. The zero-order valence-electron chi connectivity index (χ0n) is 15.5. The van der Waals surface area contributed by atoms with Crippen LogP contribution in [-0.2, 0) is 6.54 Å². The Bertz CT molecular complexity index is 991. The number of fused-ring (bicyclic) bond motifs is 1. The van der Waals surface area contributed by atoms with Gasteiger partial charge in [-0.3, -0.25) is 4.90 Å². The smallest absolute Gasteiger partial charge is 0.156 e. The largest absolute Gasteiger partial charge is 0.392 e. The predicted octanol–water partition coefficient (Wildman–Crippen LogP) is 4.32. The highest BCUT2D eigenvalue weighted by Crippen LogP contribution is 2.29. The van der Waals surface area contributed by atoms with Crippen LogP contribution in [0.2, 0.25) is 0 Å². The van der Waals surface area contributed by atoms with E-state index >= 15 is 0 Å². The second-order valence-corrected chi connectivity index (χ2v) is 8.03. The lowest BCUT2D eigenvalue weighted by atomic mass is 10.1. The van der Waals surface area contributed by atoms with Crippen LogP contribution in [-0.4, -0.2) is 39.2 Å². The SMILES string of the molecule is Cc1nc2c(Nc3cccc(Br)c3C)nccc2cc1CN1CC[C@@H](O)C1. The van der Waals surface area contributed by atoms with Crippen LogP contribution >= 0.6 is 15.9 Å². The fraction of sp³-hybridized carbons (Fsp3) is 0.333. The van der Waals surface area contributed by atoms with Crippen molar-refractivity contribution in [3.8, 4) is 0 Å². The summed E-state index contributed by atoms with van der Waals surface area (Å²) in [7, 11) is 0. The molecule has 0 bridgehead atoms. The first kappa shape index (κ1) is 18.3. The van der Waals surface area contributed by atoms with Crippen LogP contribution in [0.15, 0.2) is 41.0 Å². The number of likely N-dealkylation sites (tertiary alicyclic amines) is 1. The molecule has 0 spiro atoms. The molecule has 0 amide bonds. The van der Waals surface area contributed by atoms with E-state index in [0.717, 1.165) is 64.2 Å². The van der Waals surface area contributed by atoms with Crippen LogP contribution in [0, 0.1) is 13.8 Å². The number of benzene rings is 1. The molecule has 1 aliphatic heterocycles. The van der Waals surface area contributed by atoms with E-state index in [2.05, 4.69) is 44.1 Å². The van der Waals surface area contributed by atoms with Crippen LogP contribution in [0.25, 0.3) is 10.9 Å². The van der Waals surface area contributed by atoms with Crippen LogP contribution in [0.3, 0.4) is 0 Å². The molecule has 140 valence electrons. The van der Waals surface area contributed by atoms with Gasteiger partial charge in [0.2, 0.25) is 0 Å². The highest BCUT2D eigenvalue weighted by Gasteiger charge is 2.21. The van der Waals surface area contributed by atoms with Crippen molar-refractivity contribution in [1.82, 2.24) is 14.9 Å². The molecule has 0 aliphatic carbocycles. The first-order valence-electron chi connectivity index (χ1n) is 9.19. The van der Waals surface area contributed by atoms with E-state index in [1.807, 2.05) is 37.4 Å². The lowest BCUT2D eigenvalue weighted by Crippen LogP contribution is -2.22. The zero-order valence-corrected chi connectivity index (χ0v) is 17.1. The number of hydrogen-bond acceptors (Lipinski definition) is 5. The molecule has 1 fully saturated rings. The van der Waals surface area contributed by atoms with E-state index in [0.29, 0.717) is 0 Å². The van der Waals surface area contributed by atoms with Crippen molar-refractivity contribution in [2.24, 2.45) is 0 Å². The normalized spacial score (nSPS) is 17.6. The molecule has 0 unspecified atom stereocenters. The number of halogens is 1. The predicted molar refractivity (Wildman–Crippen MR) is 112 cm³/mol. The number of nitrogens with one attached hydrogen (secondary N) is 1. The molecule has 1 saturated heterocycles. The number of aryl methyl sites for hydroxylation is 1. The maximum atomic E-state index is 9.76. The first-order chi connectivity index (χ1) is 13.0. The zero-order chi connectivity index (χ0) is 19.0. The van der Waals surface area contributed by atoms with Crippen molar-refractivity contribution in [3.63, 3.8) is 0 Å². The van der Waals surface area contributed by atoms with Crippen molar-refractivity contribution in [2.45, 2.75) is 32.9 Å². The minimum atomic E-state index is -0.202. The number of anilines is 2. The number of nitrogens with zero attached hydrogens (tertiary/aromatic N) is 3. The summed E-state index contributed by atoms with van der Waals surface area (Å²) >= 11 is 3.58. The monoisotopic (exact) mass is 426 g/mol. The van der Waals surface area contributed by atoms with E-state index in [9.17, 15) is 5.11 Å². The minimum Gasteiger partial charge on any atom is -0.392 e. The Labute approximate surface area is 167 Å². The molecule has 1 aromatic carbocycles. The summed E-state index contributed by atoms with van der Waals surface area (Å²) in [5.74, 6) is 0.764. The minimum absolute atomic E-state index is 0.202. The van der Waals surface area contributed by atoms with Gasteiger partial charge in [0.15, 0.2) is 5.82 Å². The van der Waals surface area contributed by atoms with Gasteiger partial charge >= 0.3 is 0 Å². The molecule has 3 heterocycles. The Kier molecular flexibility index (Phi) is 5.12. The fourth-order valence-corrected chi connectivity index (χ4v) is 3.92. The average molecular weight is 427 g/mol. The molecular weight excluding hydrogens is 404 g/mol. The van der Waals surface area contributed by atoms with Gasteiger partial charge in [-0.25, -0.2) is 9.97 Å². The van der Waals surface area contributed by atoms with Gasteiger partial charge in [0.05, 0.1) is 6.10 Å². The Balaban J connectivity index is 1.67. The molecule has 1 aliphatic rings. The summed E-state index contributed by atoms with van der Waals surface area (Å²) in [6.07, 6.45) is 2.47. The van der Waals surface area contributed by atoms with Gasteiger partial charge in [-0.1, -0.05) is 22.0 Å². The third-order valence-corrected chi connectivity index (χ3v) is 6.05. The third kappa shape index (κ3) is 3.83. The summed E-state index contributed by atoms with van der Waals surface area (Å²) in [5, 5.41) is 14.3. The second-order valence-electron chi connectivity index (χ2n) is 7.18. The number of aliphatic hydroxyl groups excluding tert-OH is 1. The molecule has 0 radical (unpaired) electrons. The van der Waals surface area contributed by atoms with Crippen molar-refractivity contribution in [1.29, 1.82) is 0 Å². The summed E-state index contributed by atoms with van der Waals surface area (Å²) in [5.41, 5.74) is 5.23. The standard InChI is InChI=1S/C21H23BrN4O/c1-13-18(22)4-3-5-19(13)25-21-20-15(6-8-23-21)10-16(14(2)24-20)11-26-9-7-17(27)12-26/h3-6,8,10,17,27H,7,9,11-12H2,1-2H3,(H,23,25)/t17-/m1/s1. The van der Waals surface area contributed by atoms with Gasteiger partial charge in [-0.05, 0) is 55.7 Å². The molecule has 2 aromatic heterocycles.